The summed E-state index contributed by atoms with van der Waals surface area (Å²) in [5.74, 6) is -0.162. The van der Waals surface area contributed by atoms with Crippen LogP contribution in [0.5, 0.6) is 0 Å². The molecule has 1 heterocycles. The van der Waals surface area contributed by atoms with Gasteiger partial charge in [0.2, 0.25) is 0 Å². The number of carbonyl (C=O) groups excluding carboxylic acids is 1. The summed E-state index contributed by atoms with van der Waals surface area (Å²) in [7, 11) is 1.45. The molecule has 2 atom stereocenters. The summed E-state index contributed by atoms with van der Waals surface area (Å²) in [5.41, 5.74) is 0. The van der Waals surface area contributed by atoms with Gasteiger partial charge >= 0.3 is 5.97 Å². The highest BCUT2D eigenvalue weighted by Crippen LogP contribution is 2.29. The van der Waals surface area contributed by atoms with Crippen LogP contribution in [0.1, 0.15) is 26.2 Å². The molecule has 0 bridgehead atoms. The van der Waals surface area contributed by atoms with Crippen LogP contribution in [0.3, 0.4) is 0 Å². The van der Waals surface area contributed by atoms with Crippen LogP contribution in [-0.4, -0.2) is 49.7 Å². The van der Waals surface area contributed by atoms with Gasteiger partial charge in [-0.3, -0.25) is 9.69 Å². The van der Waals surface area contributed by atoms with Crippen molar-refractivity contribution in [2.24, 2.45) is 5.92 Å². The van der Waals surface area contributed by atoms with Crippen molar-refractivity contribution in [2.75, 3.05) is 26.7 Å². The van der Waals surface area contributed by atoms with E-state index < -0.39 is 0 Å². The number of ether oxygens (including phenoxy) is 1. The number of nitrogens with one attached hydrogen (secondary N) is 1. The third kappa shape index (κ3) is 2.95. The number of carbonyl (C=O) groups is 1. The molecule has 0 amide bonds. The first-order valence-electron chi connectivity index (χ1n) is 6.26. The van der Waals surface area contributed by atoms with Gasteiger partial charge in [-0.2, -0.15) is 0 Å². The molecule has 2 unspecified atom stereocenters. The van der Waals surface area contributed by atoms with Crippen molar-refractivity contribution in [3.63, 3.8) is 0 Å². The third-order valence-corrected chi connectivity index (χ3v) is 3.60. The maximum Gasteiger partial charge on any atom is 0.309 e. The largest absolute Gasteiger partial charge is 0.469 e. The summed E-state index contributed by atoms with van der Waals surface area (Å²) < 4.78 is 4.71. The first-order valence-corrected chi connectivity index (χ1v) is 6.26. The van der Waals surface area contributed by atoms with Gasteiger partial charge in [-0.1, -0.05) is 6.92 Å². The lowest BCUT2D eigenvalue weighted by atomic mass is 10.1. The molecule has 2 fully saturated rings. The Bertz CT molecular complexity index is 253. The first kappa shape index (κ1) is 11.9. The zero-order valence-electron chi connectivity index (χ0n) is 10.2. The first-order chi connectivity index (χ1) is 7.70. The fourth-order valence-electron chi connectivity index (χ4n) is 2.35. The zero-order chi connectivity index (χ0) is 11.5. The Morgan fingerprint density at radius 1 is 1.50 bits per heavy atom. The van der Waals surface area contributed by atoms with Crippen LogP contribution in [0.4, 0.5) is 0 Å². The monoisotopic (exact) mass is 226 g/mol. The SMILES string of the molecule is COC(=O)C(C)CNC1CCN(C2CC2)C1. The molecule has 4 nitrogen and oxygen atoms in total. The minimum atomic E-state index is -0.121. The van der Waals surface area contributed by atoms with Gasteiger partial charge in [0.15, 0.2) is 0 Å². The maximum absolute atomic E-state index is 11.2. The predicted molar refractivity (Wildman–Crippen MR) is 62.2 cm³/mol. The van der Waals surface area contributed by atoms with Crippen LogP contribution in [0.2, 0.25) is 0 Å². The van der Waals surface area contributed by atoms with E-state index >= 15 is 0 Å². The van der Waals surface area contributed by atoms with E-state index in [2.05, 4.69) is 10.2 Å². The molecular formula is C12H22N2O2. The molecule has 4 heteroatoms. The van der Waals surface area contributed by atoms with Crippen molar-refractivity contribution in [3.05, 3.63) is 0 Å². The summed E-state index contributed by atoms with van der Waals surface area (Å²) in [6, 6.07) is 1.43. The molecule has 1 N–H and O–H groups in total. The number of rotatable bonds is 5. The number of methoxy groups -OCH3 is 1. The predicted octanol–water partition coefficient (Wildman–Crippen LogP) is 0.622. The number of likely N-dealkylation sites (tertiary alicyclic amines) is 1. The summed E-state index contributed by atoms with van der Waals surface area (Å²) in [6.45, 7) is 5.01. The lowest BCUT2D eigenvalue weighted by Crippen LogP contribution is -2.37. The molecule has 2 aliphatic rings. The topological polar surface area (TPSA) is 41.6 Å². The Balaban J connectivity index is 1.65. The van der Waals surface area contributed by atoms with E-state index in [4.69, 9.17) is 4.74 Å². The van der Waals surface area contributed by atoms with E-state index in [1.165, 1.54) is 32.9 Å². The maximum atomic E-state index is 11.2. The van der Waals surface area contributed by atoms with Crippen LogP contribution < -0.4 is 5.32 Å². The fourth-order valence-corrected chi connectivity index (χ4v) is 2.35. The van der Waals surface area contributed by atoms with E-state index in [-0.39, 0.29) is 11.9 Å². The van der Waals surface area contributed by atoms with Gasteiger partial charge in [0.05, 0.1) is 13.0 Å². The van der Waals surface area contributed by atoms with Gasteiger partial charge in [0.1, 0.15) is 0 Å². The number of hydrogen-bond donors (Lipinski definition) is 1. The van der Waals surface area contributed by atoms with E-state index in [9.17, 15) is 4.79 Å². The second-order valence-electron chi connectivity index (χ2n) is 5.04. The molecule has 1 aliphatic carbocycles. The molecule has 0 aromatic rings. The van der Waals surface area contributed by atoms with Gasteiger partial charge in [-0.05, 0) is 19.3 Å². The quantitative estimate of drug-likeness (QED) is 0.698. The van der Waals surface area contributed by atoms with Crippen molar-refractivity contribution < 1.29 is 9.53 Å². The highest BCUT2D eigenvalue weighted by atomic mass is 16.5. The summed E-state index contributed by atoms with van der Waals surface area (Å²) in [5, 5.41) is 3.47. The average Bonchev–Trinajstić information content (AvgIpc) is 3.05. The lowest BCUT2D eigenvalue weighted by molar-refractivity contribution is -0.144. The third-order valence-electron chi connectivity index (χ3n) is 3.60. The van der Waals surface area contributed by atoms with Crippen LogP contribution in [0.25, 0.3) is 0 Å². The molecule has 1 saturated carbocycles. The van der Waals surface area contributed by atoms with Crippen LogP contribution in [0.15, 0.2) is 0 Å². The highest BCUT2D eigenvalue weighted by molar-refractivity contribution is 5.72. The highest BCUT2D eigenvalue weighted by Gasteiger charge is 2.34. The van der Waals surface area contributed by atoms with Crippen molar-refractivity contribution in [1.29, 1.82) is 0 Å². The minimum Gasteiger partial charge on any atom is -0.469 e. The molecule has 0 spiro atoms. The second-order valence-corrected chi connectivity index (χ2v) is 5.04. The molecule has 0 radical (unpaired) electrons. The normalized spacial score (nSPS) is 28.0. The number of esters is 1. The van der Waals surface area contributed by atoms with Crippen molar-refractivity contribution in [3.8, 4) is 0 Å². The second kappa shape index (κ2) is 5.15. The Morgan fingerprint density at radius 2 is 2.25 bits per heavy atom. The molecule has 16 heavy (non-hydrogen) atoms. The van der Waals surface area contributed by atoms with Crippen molar-refractivity contribution >= 4 is 5.97 Å². The number of hydrogen-bond acceptors (Lipinski definition) is 4. The Labute approximate surface area is 97.3 Å². The Hall–Kier alpha value is -0.610. The van der Waals surface area contributed by atoms with Gasteiger partial charge in [0.25, 0.3) is 0 Å². The Morgan fingerprint density at radius 3 is 2.88 bits per heavy atom. The van der Waals surface area contributed by atoms with Gasteiger partial charge in [0, 0.05) is 31.7 Å². The molecule has 92 valence electrons. The minimum absolute atomic E-state index is 0.0417. The summed E-state index contributed by atoms with van der Waals surface area (Å²) in [6.07, 6.45) is 3.97. The molecule has 0 aromatic carbocycles. The summed E-state index contributed by atoms with van der Waals surface area (Å²) in [4.78, 5) is 13.8. The molecule has 0 aromatic heterocycles. The molecule has 1 saturated heterocycles. The number of nitrogens with zero attached hydrogens (tertiary/aromatic N) is 1. The van der Waals surface area contributed by atoms with Gasteiger partial charge < -0.3 is 10.1 Å². The van der Waals surface area contributed by atoms with E-state index in [0.717, 1.165) is 19.1 Å². The van der Waals surface area contributed by atoms with Crippen molar-refractivity contribution in [2.45, 2.75) is 38.3 Å². The molecule has 2 rings (SSSR count). The van der Waals surface area contributed by atoms with E-state index in [1.807, 2.05) is 6.92 Å². The lowest BCUT2D eigenvalue weighted by Gasteiger charge is -2.17. The smallest absolute Gasteiger partial charge is 0.309 e. The molecule has 1 aliphatic heterocycles. The zero-order valence-corrected chi connectivity index (χ0v) is 10.2. The summed E-state index contributed by atoms with van der Waals surface area (Å²) >= 11 is 0. The average molecular weight is 226 g/mol. The van der Waals surface area contributed by atoms with Crippen LogP contribution in [-0.2, 0) is 9.53 Å². The van der Waals surface area contributed by atoms with Crippen LogP contribution >= 0.6 is 0 Å². The van der Waals surface area contributed by atoms with Crippen molar-refractivity contribution in [1.82, 2.24) is 10.2 Å². The van der Waals surface area contributed by atoms with E-state index in [0.29, 0.717) is 6.04 Å². The van der Waals surface area contributed by atoms with Gasteiger partial charge in [-0.25, -0.2) is 0 Å². The Kier molecular flexibility index (Phi) is 3.82. The van der Waals surface area contributed by atoms with Crippen LogP contribution in [0, 0.1) is 5.92 Å². The van der Waals surface area contributed by atoms with Gasteiger partial charge in [-0.15, -0.1) is 0 Å². The van der Waals surface area contributed by atoms with E-state index in [1.54, 1.807) is 0 Å². The fraction of sp³-hybridized carbons (Fsp3) is 0.917. The molecular weight excluding hydrogens is 204 g/mol. The standard InChI is InChI=1S/C12H22N2O2/c1-9(12(15)16-2)7-13-10-5-6-14(8-10)11-3-4-11/h9-11,13H,3-8H2,1-2H3.